The number of anilines is 2. The van der Waals surface area contributed by atoms with E-state index in [1.807, 2.05) is 0 Å². The molecule has 7 nitrogen and oxygen atoms in total. The number of hydrogen-bond donors (Lipinski definition) is 2. The molecule has 0 fully saturated rings. The minimum absolute atomic E-state index is 0.159. The topological polar surface area (TPSA) is 97.0 Å². The predicted molar refractivity (Wildman–Crippen MR) is 68.5 cm³/mol. The van der Waals surface area contributed by atoms with Crippen LogP contribution >= 0.6 is 0 Å². The van der Waals surface area contributed by atoms with Crippen LogP contribution in [0.5, 0.6) is 0 Å². The number of carbonyl (C=O) groups excluding carboxylic acids is 1. The van der Waals surface area contributed by atoms with Gasteiger partial charge in [-0.05, 0) is 19.1 Å². The summed E-state index contributed by atoms with van der Waals surface area (Å²) < 4.78 is 4.67. The summed E-state index contributed by atoms with van der Waals surface area (Å²) in [7, 11) is 1.30. The molecular formula is C12H12N4O3. The van der Waals surface area contributed by atoms with Crippen molar-refractivity contribution in [3.63, 3.8) is 0 Å². The number of methoxy groups -OCH3 is 1. The van der Waals surface area contributed by atoms with Crippen molar-refractivity contribution in [1.82, 2.24) is 15.2 Å². The summed E-state index contributed by atoms with van der Waals surface area (Å²) in [5.74, 6) is -0.322. The molecule has 0 aliphatic carbocycles. The first kappa shape index (κ1) is 12.7. The largest absolute Gasteiger partial charge is 0.465 e. The number of aromatic amines is 1. The molecule has 7 heteroatoms. The van der Waals surface area contributed by atoms with Gasteiger partial charge in [0.25, 0.3) is 5.56 Å². The van der Waals surface area contributed by atoms with Gasteiger partial charge in [0.05, 0.1) is 18.4 Å². The SMILES string of the molecule is COC(=O)c1ccccc1Nc1nnc(C)c(=O)[nH]1. The Labute approximate surface area is 108 Å². The van der Waals surface area contributed by atoms with Gasteiger partial charge in [0.1, 0.15) is 5.69 Å². The number of carbonyl (C=O) groups is 1. The molecule has 19 heavy (non-hydrogen) atoms. The number of H-pyrrole nitrogens is 1. The van der Waals surface area contributed by atoms with Gasteiger partial charge < -0.3 is 10.1 Å². The maximum atomic E-state index is 11.6. The van der Waals surface area contributed by atoms with Crippen molar-refractivity contribution in [2.75, 3.05) is 12.4 Å². The highest BCUT2D eigenvalue weighted by Crippen LogP contribution is 2.18. The maximum Gasteiger partial charge on any atom is 0.339 e. The highest BCUT2D eigenvalue weighted by atomic mass is 16.5. The Hall–Kier alpha value is -2.70. The summed E-state index contributed by atoms with van der Waals surface area (Å²) in [4.78, 5) is 25.5. The monoisotopic (exact) mass is 260 g/mol. The molecule has 2 N–H and O–H groups in total. The number of para-hydroxylation sites is 1. The second-order valence-electron chi connectivity index (χ2n) is 3.75. The van der Waals surface area contributed by atoms with Crippen LogP contribution in [0.1, 0.15) is 16.1 Å². The third kappa shape index (κ3) is 2.76. The summed E-state index contributed by atoms with van der Waals surface area (Å²) in [6, 6.07) is 6.73. The number of benzene rings is 1. The minimum Gasteiger partial charge on any atom is -0.465 e. The van der Waals surface area contributed by atoms with Crippen LogP contribution in [0.2, 0.25) is 0 Å². The molecule has 1 aromatic carbocycles. The van der Waals surface area contributed by atoms with Gasteiger partial charge in [0, 0.05) is 0 Å². The zero-order valence-electron chi connectivity index (χ0n) is 10.4. The number of ether oxygens (including phenoxy) is 1. The highest BCUT2D eigenvalue weighted by molar-refractivity contribution is 5.96. The standard InChI is InChI=1S/C12H12N4O3/c1-7-10(17)14-12(16-15-7)13-9-6-4-3-5-8(9)11(18)19-2/h3-6H,1-2H3,(H2,13,14,16,17). The summed E-state index contributed by atoms with van der Waals surface area (Å²) in [6.45, 7) is 1.55. The van der Waals surface area contributed by atoms with Crippen molar-refractivity contribution >= 4 is 17.6 Å². The van der Waals surface area contributed by atoms with Gasteiger partial charge in [-0.2, -0.15) is 0 Å². The fraction of sp³-hybridized carbons (Fsp3) is 0.167. The minimum atomic E-state index is -0.481. The fourth-order valence-electron chi connectivity index (χ4n) is 1.46. The lowest BCUT2D eigenvalue weighted by Gasteiger charge is -2.09. The van der Waals surface area contributed by atoms with Crippen LogP contribution in [-0.4, -0.2) is 28.3 Å². The van der Waals surface area contributed by atoms with Crippen molar-refractivity contribution < 1.29 is 9.53 Å². The number of esters is 1. The Morgan fingerprint density at radius 2 is 2.05 bits per heavy atom. The second-order valence-corrected chi connectivity index (χ2v) is 3.75. The lowest BCUT2D eigenvalue weighted by atomic mass is 10.2. The van der Waals surface area contributed by atoms with Crippen molar-refractivity contribution in [2.45, 2.75) is 6.92 Å². The predicted octanol–water partition coefficient (Wildman–Crippen LogP) is 1.00. The lowest BCUT2D eigenvalue weighted by Crippen LogP contribution is -2.16. The van der Waals surface area contributed by atoms with E-state index in [1.165, 1.54) is 7.11 Å². The number of aromatic nitrogens is 3. The van der Waals surface area contributed by atoms with Gasteiger partial charge >= 0.3 is 5.97 Å². The zero-order valence-corrected chi connectivity index (χ0v) is 10.4. The molecule has 98 valence electrons. The van der Waals surface area contributed by atoms with Crippen molar-refractivity contribution in [3.05, 3.63) is 45.9 Å². The molecule has 2 aromatic rings. The second kappa shape index (κ2) is 5.30. The normalized spacial score (nSPS) is 10.0. The van der Waals surface area contributed by atoms with Crippen molar-refractivity contribution in [1.29, 1.82) is 0 Å². The Morgan fingerprint density at radius 3 is 2.74 bits per heavy atom. The average molecular weight is 260 g/mol. The number of aryl methyl sites for hydroxylation is 1. The van der Waals surface area contributed by atoms with E-state index in [4.69, 9.17) is 0 Å². The van der Waals surface area contributed by atoms with E-state index in [-0.39, 0.29) is 17.2 Å². The fourth-order valence-corrected chi connectivity index (χ4v) is 1.46. The van der Waals surface area contributed by atoms with Crippen LogP contribution in [0.25, 0.3) is 0 Å². The van der Waals surface area contributed by atoms with E-state index in [0.29, 0.717) is 11.3 Å². The van der Waals surface area contributed by atoms with Crippen molar-refractivity contribution in [3.8, 4) is 0 Å². The number of nitrogens with zero attached hydrogens (tertiary/aromatic N) is 2. The first-order valence-corrected chi connectivity index (χ1v) is 5.50. The van der Waals surface area contributed by atoms with Crippen LogP contribution < -0.4 is 10.9 Å². The molecule has 0 radical (unpaired) electrons. The summed E-state index contributed by atoms with van der Waals surface area (Å²) in [6.07, 6.45) is 0. The molecule has 0 amide bonds. The molecule has 1 aromatic heterocycles. The van der Waals surface area contributed by atoms with E-state index in [9.17, 15) is 9.59 Å². The van der Waals surface area contributed by atoms with Gasteiger partial charge in [0.2, 0.25) is 5.95 Å². The Balaban J connectivity index is 2.35. The molecule has 0 aliphatic rings. The molecule has 0 atom stereocenters. The van der Waals surface area contributed by atoms with Gasteiger partial charge in [-0.3, -0.25) is 9.78 Å². The molecule has 0 bridgehead atoms. The van der Waals surface area contributed by atoms with Gasteiger partial charge in [-0.1, -0.05) is 12.1 Å². The summed E-state index contributed by atoms with van der Waals surface area (Å²) in [5.41, 5.74) is 0.747. The number of hydrogen-bond acceptors (Lipinski definition) is 6. The van der Waals surface area contributed by atoms with Crippen LogP contribution in [0.4, 0.5) is 11.6 Å². The van der Waals surface area contributed by atoms with E-state index < -0.39 is 5.97 Å². The molecule has 0 aliphatic heterocycles. The van der Waals surface area contributed by atoms with Gasteiger partial charge in [-0.25, -0.2) is 4.79 Å². The van der Waals surface area contributed by atoms with Crippen LogP contribution in [-0.2, 0) is 4.74 Å². The molecule has 0 saturated carbocycles. The third-order valence-electron chi connectivity index (χ3n) is 2.45. The molecule has 1 heterocycles. The smallest absolute Gasteiger partial charge is 0.339 e. The first-order chi connectivity index (χ1) is 9.11. The summed E-state index contributed by atoms with van der Waals surface area (Å²) >= 11 is 0. The van der Waals surface area contributed by atoms with E-state index in [0.717, 1.165) is 0 Å². The van der Waals surface area contributed by atoms with E-state index in [1.54, 1.807) is 31.2 Å². The Kier molecular flexibility index (Phi) is 3.56. The highest BCUT2D eigenvalue weighted by Gasteiger charge is 2.11. The van der Waals surface area contributed by atoms with Crippen LogP contribution in [0.3, 0.4) is 0 Å². The zero-order chi connectivity index (χ0) is 13.8. The Morgan fingerprint density at radius 1 is 1.32 bits per heavy atom. The number of rotatable bonds is 3. The quantitative estimate of drug-likeness (QED) is 0.799. The molecule has 0 unspecified atom stereocenters. The molecule has 0 saturated heterocycles. The third-order valence-corrected chi connectivity index (χ3v) is 2.45. The van der Waals surface area contributed by atoms with Gasteiger partial charge in [-0.15, -0.1) is 10.2 Å². The molecule has 2 rings (SSSR count). The van der Waals surface area contributed by atoms with Crippen molar-refractivity contribution in [2.24, 2.45) is 0 Å². The van der Waals surface area contributed by atoms with Crippen LogP contribution in [0, 0.1) is 6.92 Å². The average Bonchev–Trinajstić information content (AvgIpc) is 2.43. The van der Waals surface area contributed by atoms with E-state index >= 15 is 0 Å². The maximum absolute atomic E-state index is 11.6. The molecule has 0 spiro atoms. The van der Waals surface area contributed by atoms with E-state index in [2.05, 4.69) is 25.2 Å². The Bertz CT molecular complexity index is 666. The molecular weight excluding hydrogens is 248 g/mol. The number of nitrogens with one attached hydrogen (secondary N) is 2. The van der Waals surface area contributed by atoms with Gasteiger partial charge in [0.15, 0.2) is 0 Å². The first-order valence-electron chi connectivity index (χ1n) is 5.50. The lowest BCUT2D eigenvalue weighted by molar-refractivity contribution is 0.0602. The summed E-state index contributed by atoms with van der Waals surface area (Å²) in [5, 5.41) is 10.3. The van der Waals surface area contributed by atoms with Crippen LogP contribution in [0.15, 0.2) is 29.1 Å².